The molecule has 2 N–H and O–H groups in total. The van der Waals surface area contributed by atoms with Crippen LogP contribution in [0.3, 0.4) is 0 Å². The highest BCUT2D eigenvalue weighted by atomic mass is 16.6. The van der Waals surface area contributed by atoms with Gasteiger partial charge in [0.1, 0.15) is 24.9 Å². The van der Waals surface area contributed by atoms with Gasteiger partial charge in [-0.1, -0.05) is 35.5 Å². The zero-order valence-corrected chi connectivity index (χ0v) is 20.0. The number of oxime groups is 1. The van der Waals surface area contributed by atoms with Crippen LogP contribution in [0.1, 0.15) is 48.1 Å². The minimum absolute atomic E-state index is 0.0950. The number of rotatable bonds is 8. The maximum absolute atomic E-state index is 12.6. The van der Waals surface area contributed by atoms with Crippen molar-refractivity contribution in [2.75, 3.05) is 7.11 Å². The molecule has 0 spiro atoms. The molecule has 0 saturated carbocycles. The first-order chi connectivity index (χ1) is 16.1. The molecular weight excluding hydrogens is 434 g/mol. The van der Waals surface area contributed by atoms with E-state index in [-0.39, 0.29) is 18.6 Å². The summed E-state index contributed by atoms with van der Waals surface area (Å²) in [5.41, 5.74) is 3.91. The Morgan fingerprint density at radius 2 is 1.82 bits per heavy atom. The molecule has 0 aliphatic heterocycles. The summed E-state index contributed by atoms with van der Waals surface area (Å²) in [4.78, 5) is 29.2. The molecule has 0 saturated heterocycles. The number of carboxylic acid groups (broad SMARTS) is 2. The number of hydrogen-bond acceptors (Lipinski definition) is 5. The third kappa shape index (κ3) is 4.73. The maximum Gasteiger partial charge on any atom is 0.331 e. The van der Waals surface area contributed by atoms with E-state index in [1.807, 2.05) is 45.0 Å². The van der Waals surface area contributed by atoms with Gasteiger partial charge in [0.25, 0.3) is 0 Å². The van der Waals surface area contributed by atoms with Gasteiger partial charge in [-0.3, -0.25) is 4.79 Å². The lowest BCUT2D eigenvalue weighted by Gasteiger charge is -2.32. The van der Waals surface area contributed by atoms with Crippen molar-refractivity contribution in [3.05, 3.63) is 87.5 Å². The van der Waals surface area contributed by atoms with Crippen molar-refractivity contribution in [1.29, 1.82) is 0 Å². The maximum atomic E-state index is 12.6. The monoisotopic (exact) mass is 463 g/mol. The van der Waals surface area contributed by atoms with Crippen LogP contribution in [0.4, 0.5) is 0 Å². The first-order valence-electron chi connectivity index (χ1n) is 10.9. The lowest BCUT2D eigenvalue weighted by atomic mass is 9.69. The smallest absolute Gasteiger partial charge is 0.331 e. The van der Waals surface area contributed by atoms with Gasteiger partial charge >= 0.3 is 11.9 Å². The number of aryl methyl sites for hydroxylation is 2. The van der Waals surface area contributed by atoms with E-state index in [1.54, 1.807) is 31.2 Å². The van der Waals surface area contributed by atoms with Crippen LogP contribution in [0.2, 0.25) is 0 Å². The Labute approximate surface area is 199 Å². The number of ether oxygens (including phenoxy) is 1. The minimum atomic E-state index is -1.49. The minimum Gasteiger partial charge on any atom is -0.489 e. The molecular formula is C27H29NO6. The van der Waals surface area contributed by atoms with Crippen molar-refractivity contribution in [3.63, 3.8) is 0 Å². The van der Waals surface area contributed by atoms with Crippen LogP contribution in [0.25, 0.3) is 0 Å². The van der Waals surface area contributed by atoms with Crippen LogP contribution < -0.4 is 4.74 Å². The van der Waals surface area contributed by atoms with Crippen LogP contribution >= 0.6 is 0 Å². The fraction of sp³-hybridized carbons (Fsp3) is 0.296. The predicted octanol–water partition coefficient (Wildman–Crippen LogP) is 4.94. The summed E-state index contributed by atoms with van der Waals surface area (Å²) < 4.78 is 6.08. The van der Waals surface area contributed by atoms with Crippen molar-refractivity contribution in [2.45, 2.75) is 46.1 Å². The Hall–Kier alpha value is -3.87. The standard InChI is InChI=1S/C27H29NO6/c1-16-7-6-8-24(27(26(31)32)12-11-17(2)22(14-27)25(29)30)23(16)15-34-20-9-10-21(18(3)13-20)19(4)28-33-5/h6-13H,14-15H2,1-5H3,(H,29,30)(H,31,32). The van der Waals surface area contributed by atoms with Gasteiger partial charge in [0.05, 0.1) is 5.71 Å². The highest BCUT2D eigenvalue weighted by Gasteiger charge is 2.43. The number of aliphatic carboxylic acids is 2. The Balaban J connectivity index is 1.98. The Morgan fingerprint density at radius 1 is 1.09 bits per heavy atom. The molecule has 0 aromatic heterocycles. The van der Waals surface area contributed by atoms with E-state index < -0.39 is 17.4 Å². The van der Waals surface area contributed by atoms with Crippen molar-refractivity contribution in [1.82, 2.24) is 0 Å². The van der Waals surface area contributed by atoms with Gasteiger partial charge in [0.2, 0.25) is 0 Å². The fourth-order valence-electron chi connectivity index (χ4n) is 4.32. The van der Waals surface area contributed by atoms with Gasteiger partial charge in [-0.05, 0) is 73.7 Å². The average molecular weight is 464 g/mol. The molecule has 3 rings (SSSR count). The topological polar surface area (TPSA) is 105 Å². The summed E-state index contributed by atoms with van der Waals surface area (Å²) in [6.07, 6.45) is 3.04. The van der Waals surface area contributed by atoms with Crippen LogP contribution in [0.15, 0.2) is 64.9 Å². The van der Waals surface area contributed by atoms with E-state index in [0.717, 1.165) is 28.0 Å². The molecule has 0 radical (unpaired) electrons. The molecule has 1 unspecified atom stereocenters. The van der Waals surface area contributed by atoms with Crippen LogP contribution in [-0.4, -0.2) is 35.0 Å². The van der Waals surface area contributed by atoms with Gasteiger partial charge in [0.15, 0.2) is 0 Å². The highest BCUT2D eigenvalue weighted by molar-refractivity contribution is 5.99. The number of hydrogen-bond donors (Lipinski definition) is 2. The summed E-state index contributed by atoms with van der Waals surface area (Å²) >= 11 is 0. The summed E-state index contributed by atoms with van der Waals surface area (Å²) in [7, 11) is 1.50. The lowest BCUT2D eigenvalue weighted by molar-refractivity contribution is -0.142. The van der Waals surface area contributed by atoms with E-state index >= 15 is 0 Å². The highest BCUT2D eigenvalue weighted by Crippen LogP contribution is 2.41. The third-order valence-electron chi connectivity index (χ3n) is 6.28. The van der Waals surface area contributed by atoms with Gasteiger partial charge < -0.3 is 19.8 Å². The number of carboxylic acids is 2. The number of benzene rings is 2. The molecule has 2 aromatic rings. The van der Waals surface area contributed by atoms with Gasteiger partial charge in [-0.25, -0.2) is 4.79 Å². The first-order valence-corrected chi connectivity index (χ1v) is 10.9. The van der Waals surface area contributed by atoms with E-state index in [4.69, 9.17) is 9.57 Å². The molecule has 2 aromatic carbocycles. The van der Waals surface area contributed by atoms with E-state index in [0.29, 0.717) is 16.9 Å². The second-order valence-corrected chi connectivity index (χ2v) is 8.48. The summed E-state index contributed by atoms with van der Waals surface area (Å²) in [5.74, 6) is -1.58. The first kappa shape index (κ1) is 24.8. The molecule has 0 bridgehead atoms. The second-order valence-electron chi connectivity index (χ2n) is 8.48. The molecule has 0 heterocycles. The SMILES string of the molecule is CON=C(C)c1ccc(OCc2c(C)cccc2C2(C(=O)O)C=CC(C)=C(C(=O)O)C2)cc1C. The van der Waals surface area contributed by atoms with Gasteiger partial charge in [0, 0.05) is 17.6 Å². The number of nitrogens with zero attached hydrogens (tertiary/aromatic N) is 1. The third-order valence-corrected chi connectivity index (χ3v) is 6.28. The van der Waals surface area contributed by atoms with Crippen LogP contribution in [-0.2, 0) is 26.4 Å². The summed E-state index contributed by atoms with van der Waals surface area (Å²) in [6, 6.07) is 11.0. The van der Waals surface area contributed by atoms with Crippen molar-refractivity contribution < 1.29 is 29.4 Å². The number of carbonyl (C=O) groups is 2. The largest absolute Gasteiger partial charge is 0.489 e. The summed E-state index contributed by atoms with van der Waals surface area (Å²) in [6.45, 7) is 7.51. The van der Waals surface area contributed by atoms with Gasteiger partial charge in [-0.2, -0.15) is 0 Å². The molecule has 1 atom stereocenters. The van der Waals surface area contributed by atoms with Crippen LogP contribution in [0.5, 0.6) is 5.75 Å². The fourth-order valence-corrected chi connectivity index (χ4v) is 4.32. The lowest BCUT2D eigenvalue weighted by Crippen LogP contribution is -2.38. The molecule has 7 nitrogen and oxygen atoms in total. The zero-order chi connectivity index (χ0) is 25.0. The van der Waals surface area contributed by atoms with E-state index in [2.05, 4.69) is 5.16 Å². The molecule has 34 heavy (non-hydrogen) atoms. The molecule has 1 aliphatic rings. The van der Waals surface area contributed by atoms with Crippen molar-refractivity contribution in [3.8, 4) is 5.75 Å². The van der Waals surface area contributed by atoms with E-state index in [9.17, 15) is 19.8 Å². The normalized spacial score (nSPS) is 18.1. The average Bonchev–Trinajstić information content (AvgIpc) is 2.78. The molecule has 178 valence electrons. The Bertz CT molecular complexity index is 1220. The van der Waals surface area contributed by atoms with E-state index in [1.165, 1.54) is 7.11 Å². The second kappa shape index (κ2) is 9.95. The molecule has 0 fully saturated rings. The van der Waals surface area contributed by atoms with Crippen LogP contribution in [0, 0.1) is 13.8 Å². The molecule has 1 aliphatic carbocycles. The quantitative estimate of drug-likeness (QED) is 0.425. The number of allylic oxidation sites excluding steroid dienone is 2. The Kier molecular flexibility index (Phi) is 7.25. The molecule has 7 heteroatoms. The predicted molar refractivity (Wildman–Crippen MR) is 129 cm³/mol. The Morgan fingerprint density at radius 3 is 2.44 bits per heavy atom. The van der Waals surface area contributed by atoms with Gasteiger partial charge in [-0.15, -0.1) is 0 Å². The zero-order valence-electron chi connectivity index (χ0n) is 20.0. The summed E-state index contributed by atoms with van der Waals surface area (Å²) in [5, 5.41) is 23.9. The molecule has 0 amide bonds. The van der Waals surface area contributed by atoms with Crippen molar-refractivity contribution >= 4 is 17.7 Å². The van der Waals surface area contributed by atoms with Crippen molar-refractivity contribution in [2.24, 2.45) is 5.16 Å².